The fraction of sp³-hybridized carbons (Fsp3) is 0.571. The highest BCUT2D eigenvalue weighted by atomic mass is 16.7. The van der Waals surface area contributed by atoms with Gasteiger partial charge in [-0.2, -0.15) is 5.26 Å². The largest absolute Gasteiger partial charge is 0.497 e. The Hall–Kier alpha value is -1.42. The van der Waals surface area contributed by atoms with Gasteiger partial charge in [-0.15, -0.1) is 0 Å². The van der Waals surface area contributed by atoms with Crippen molar-refractivity contribution in [3.8, 4) is 6.07 Å². The number of hydrogen-bond acceptors (Lipinski definition) is 5. The van der Waals surface area contributed by atoms with Crippen LogP contribution in [-0.4, -0.2) is 30.4 Å². The van der Waals surface area contributed by atoms with Gasteiger partial charge in [-0.25, -0.2) is 0 Å². The number of pyridine rings is 1. The molecule has 1 aromatic rings. The van der Waals surface area contributed by atoms with Crippen LogP contribution in [0.25, 0.3) is 0 Å². The van der Waals surface area contributed by atoms with Gasteiger partial charge in [0, 0.05) is 18.2 Å². The molecule has 1 N–H and O–H groups in total. The molecule has 1 saturated heterocycles. The summed E-state index contributed by atoms with van der Waals surface area (Å²) >= 11 is 0. The molecule has 2 heterocycles. The Balaban J connectivity index is 2.33. The van der Waals surface area contributed by atoms with Crippen molar-refractivity contribution in [1.82, 2.24) is 10.3 Å². The SMILES string of the molecule is CNCc1cc(C#N)c(B2OC(C)(C)C(C)(C)O2)cn1. The fourth-order valence-electron chi connectivity index (χ4n) is 2.04. The Labute approximate surface area is 120 Å². The van der Waals surface area contributed by atoms with Crippen LogP contribution in [0.5, 0.6) is 0 Å². The molecule has 20 heavy (non-hydrogen) atoms. The maximum atomic E-state index is 9.32. The van der Waals surface area contributed by atoms with Crippen molar-refractivity contribution in [2.45, 2.75) is 45.4 Å². The zero-order valence-corrected chi connectivity index (χ0v) is 12.7. The van der Waals surface area contributed by atoms with Crippen LogP contribution in [0.3, 0.4) is 0 Å². The first-order valence-corrected chi connectivity index (χ1v) is 6.70. The third-order valence-electron chi connectivity index (χ3n) is 3.98. The highest BCUT2D eigenvalue weighted by Gasteiger charge is 2.52. The summed E-state index contributed by atoms with van der Waals surface area (Å²) in [5.41, 5.74) is 1.21. The van der Waals surface area contributed by atoms with Crippen LogP contribution in [0.1, 0.15) is 39.0 Å². The Bertz CT molecular complexity index is 536. The van der Waals surface area contributed by atoms with Crippen LogP contribution in [0.4, 0.5) is 0 Å². The van der Waals surface area contributed by atoms with E-state index in [2.05, 4.69) is 16.4 Å². The number of aromatic nitrogens is 1. The van der Waals surface area contributed by atoms with E-state index in [0.29, 0.717) is 17.6 Å². The topological polar surface area (TPSA) is 67.2 Å². The zero-order valence-electron chi connectivity index (χ0n) is 12.7. The molecule has 0 amide bonds. The zero-order chi connectivity index (χ0) is 15.0. The summed E-state index contributed by atoms with van der Waals surface area (Å²) in [6, 6.07) is 3.97. The first-order chi connectivity index (χ1) is 9.30. The van der Waals surface area contributed by atoms with E-state index in [1.807, 2.05) is 34.7 Å². The molecular formula is C14H20BN3O2. The molecule has 0 bridgehead atoms. The lowest BCUT2D eigenvalue weighted by Crippen LogP contribution is -2.41. The molecule has 2 rings (SSSR count). The summed E-state index contributed by atoms with van der Waals surface area (Å²) in [6.07, 6.45) is 1.67. The first kappa shape index (κ1) is 15.0. The molecular weight excluding hydrogens is 253 g/mol. The third-order valence-corrected chi connectivity index (χ3v) is 3.98. The summed E-state index contributed by atoms with van der Waals surface area (Å²) in [6.45, 7) is 8.58. The molecule has 6 heteroatoms. The minimum absolute atomic E-state index is 0.423. The van der Waals surface area contributed by atoms with Crippen molar-refractivity contribution in [2.24, 2.45) is 0 Å². The Morgan fingerprint density at radius 2 is 1.90 bits per heavy atom. The van der Waals surface area contributed by atoms with Crippen molar-refractivity contribution in [1.29, 1.82) is 5.26 Å². The molecule has 0 aliphatic carbocycles. The Kier molecular flexibility index (Phi) is 3.87. The van der Waals surface area contributed by atoms with Gasteiger partial charge in [0.1, 0.15) is 0 Å². The lowest BCUT2D eigenvalue weighted by Gasteiger charge is -2.32. The molecule has 1 aliphatic rings. The lowest BCUT2D eigenvalue weighted by molar-refractivity contribution is 0.00578. The molecule has 0 spiro atoms. The van der Waals surface area contributed by atoms with Crippen LogP contribution in [-0.2, 0) is 15.9 Å². The summed E-state index contributed by atoms with van der Waals surface area (Å²) in [5.74, 6) is 0. The van der Waals surface area contributed by atoms with E-state index in [4.69, 9.17) is 9.31 Å². The van der Waals surface area contributed by atoms with Gasteiger partial charge in [0.15, 0.2) is 0 Å². The normalized spacial score (nSPS) is 19.9. The summed E-state index contributed by atoms with van der Waals surface area (Å²) in [5, 5.41) is 12.3. The van der Waals surface area contributed by atoms with Crippen LogP contribution in [0.15, 0.2) is 12.3 Å². The fourth-order valence-corrected chi connectivity index (χ4v) is 2.04. The van der Waals surface area contributed by atoms with Crippen LogP contribution in [0.2, 0.25) is 0 Å². The first-order valence-electron chi connectivity index (χ1n) is 6.70. The number of rotatable bonds is 3. The van der Waals surface area contributed by atoms with Crippen LogP contribution < -0.4 is 10.8 Å². The maximum absolute atomic E-state index is 9.32. The molecule has 0 unspecified atom stereocenters. The number of nitrogens with zero attached hydrogens (tertiary/aromatic N) is 2. The van der Waals surface area contributed by atoms with Gasteiger partial charge in [-0.3, -0.25) is 4.98 Å². The van der Waals surface area contributed by atoms with E-state index in [-0.39, 0.29) is 0 Å². The van der Waals surface area contributed by atoms with Gasteiger partial charge in [-0.05, 0) is 40.8 Å². The van der Waals surface area contributed by atoms with Gasteiger partial charge in [0.2, 0.25) is 0 Å². The van der Waals surface area contributed by atoms with Gasteiger partial charge in [0.25, 0.3) is 0 Å². The third kappa shape index (κ3) is 2.57. The summed E-state index contributed by atoms with van der Waals surface area (Å²) in [4.78, 5) is 4.34. The molecule has 1 aliphatic heterocycles. The second kappa shape index (κ2) is 5.17. The smallest absolute Gasteiger partial charge is 0.399 e. The van der Waals surface area contributed by atoms with E-state index in [1.54, 1.807) is 12.3 Å². The molecule has 106 valence electrons. The summed E-state index contributed by atoms with van der Waals surface area (Å²) in [7, 11) is 1.29. The summed E-state index contributed by atoms with van der Waals surface area (Å²) < 4.78 is 11.9. The average molecular weight is 273 g/mol. The number of nitriles is 1. The second-order valence-electron chi connectivity index (χ2n) is 5.99. The van der Waals surface area contributed by atoms with Gasteiger partial charge in [-0.1, -0.05) is 0 Å². The standard InChI is InChI=1S/C14H20BN3O2/c1-13(2)14(3,4)20-15(19-13)12-9-18-11(8-17-5)6-10(12)7-16/h6,9,17H,8H2,1-5H3. The monoisotopic (exact) mass is 273 g/mol. The minimum Gasteiger partial charge on any atom is -0.399 e. The Morgan fingerprint density at radius 3 is 2.40 bits per heavy atom. The van der Waals surface area contributed by atoms with Crippen LogP contribution >= 0.6 is 0 Å². The van der Waals surface area contributed by atoms with Crippen molar-refractivity contribution >= 4 is 12.6 Å². The lowest BCUT2D eigenvalue weighted by atomic mass is 9.77. The van der Waals surface area contributed by atoms with Crippen LogP contribution in [0, 0.1) is 11.3 Å². The van der Waals surface area contributed by atoms with Crippen molar-refractivity contribution in [3.05, 3.63) is 23.5 Å². The van der Waals surface area contributed by atoms with Crippen molar-refractivity contribution in [3.63, 3.8) is 0 Å². The highest BCUT2D eigenvalue weighted by Crippen LogP contribution is 2.36. The van der Waals surface area contributed by atoms with E-state index in [9.17, 15) is 5.26 Å². The van der Waals surface area contributed by atoms with Gasteiger partial charge in [0.05, 0.1) is 28.5 Å². The molecule has 1 fully saturated rings. The predicted molar refractivity (Wildman–Crippen MR) is 77.4 cm³/mol. The second-order valence-corrected chi connectivity index (χ2v) is 5.99. The quantitative estimate of drug-likeness (QED) is 0.831. The molecule has 0 atom stereocenters. The molecule has 1 aromatic heterocycles. The van der Waals surface area contributed by atoms with Crippen molar-refractivity contribution < 1.29 is 9.31 Å². The molecule has 0 radical (unpaired) electrons. The molecule has 5 nitrogen and oxygen atoms in total. The van der Waals surface area contributed by atoms with E-state index in [1.165, 1.54) is 0 Å². The maximum Gasteiger partial charge on any atom is 0.497 e. The molecule has 0 saturated carbocycles. The predicted octanol–water partition coefficient (Wildman–Crippen LogP) is 0.972. The van der Waals surface area contributed by atoms with E-state index >= 15 is 0 Å². The number of nitrogens with one attached hydrogen (secondary N) is 1. The van der Waals surface area contributed by atoms with Crippen molar-refractivity contribution in [2.75, 3.05) is 7.05 Å². The van der Waals surface area contributed by atoms with Gasteiger partial charge < -0.3 is 14.6 Å². The number of hydrogen-bond donors (Lipinski definition) is 1. The molecule has 0 aromatic carbocycles. The highest BCUT2D eigenvalue weighted by molar-refractivity contribution is 6.62. The van der Waals surface area contributed by atoms with E-state index in [0.717, 1.165) is 5.69 Å². The average Bonchev–Trinajstić information content (AvgIpc) is 2.58. The van der Waals surface area contributed by atoms with E-state index < -0.39 is 18.3 Å². The van der Waals surface area contributed by atoms with Gasteiger partial charge >= 0.3 is 7.12 Å². The minimum atomic E-state index is -0.550. The Morgan fingerprint density at radius 1 is 1.30 bits per heavy atom.